The molecule has 0 radical (unpaired) electrons. The standard InChI is InChI=1S/C15H20N4O/c1-9-11(8-19(2)3)6-12(16-9)7-13-14(10-4-5-10)17-18-15(13)20/h6-7,10,16H,4-5,8H2,1-3H3,(H,18,20). The Kier molecular flexibility index (Phi) is 3.22. The lowest BCUT2D eigenvalue weighted by Gasteiger charge is -2.07. The van der Waals surface area contributed by atoms with Gasteiger partial charge in [0.15, 0.2) is 0 Å². The highest BCUT2D eigenvalue weighted by molar-refractivity contribution is 6.28. The topological polar surface area (TPSA) is 60.5 Å². The quantitative estimate of drug-likeness (QED) is 0.819. The van der Waals surface area contributed by atoms with E-state index < -0.39 is 0 Å². The molecule has 1 fully saturated rings. The Bertz CT molecular complexity index is 605. The largest absolute Gasteiger partial charge is 0.359 e. The van der Waals surface area contributed by atoms with Crippen LogP contribution >= 0.6 is 0 Å². The van der Waals surface area contributed by atoms with Crippen LogP contribution in [0, 0.1) is 12.8 Å². The van der Waals surface area contributed by atoms with Crippen molar-refractivity contribution in [3.05, 3.63) is 28.6 Å². The summed E-state index contributed by atoms with van der Waals surface area (Å²) in [6, 6.07) is 2.11. The number of rotatable bonds is 4. The smallest absolute Gasteiger partial charge is 0.273 e. The fourth-order valence-electron chi connectivity index (χ4n) is 2.52. The Morgan fingerprint density at radius 2 is 2.20 bits per heavy atom. The van der Waals surface area contributed by atoms with E-state index in [9.17, 15) is 4.79 Å². The summed E-state index contributed by atoms with van der Waals surface area (Å²) in [5, 5.41) is 4.16. The first-order valence-corrected chi connectivity index (χ1v) is 6.98. The molecule has 0 saturated heterocycles. The molecule has 1 amide bonds. The number of hydrazone groups is 1. The van der Waals surface area contributed by atoms with Crippen molar-refractivity contribution >= 4 is 17.7 Å². The lowest BCUT2D eigenvalue weighted by atomic mass is 10.1. The van der Waals surface area contributed by atoms with E-state index in [1.807, 2.05) is 20.2 Å². The van der Waals surface area contributed by atoms with Crippen molar-refractivity contribution in [3.63, 3.8) is 0 Å². The Morgan fingerprint density at radius 3 is 2.85 bits per heavy atom. The van der Waals surface area contributed by atoms with Crippen LogP contribution in [0.15, 0.2) is 16.7 Å². The zero-order valence-corrected chi connectivity index (χ0v) is 12.2. The molecule has 5 heteroatoms. The summed E-state index contributed by atoms with van der Waals surface area (Å²) in [5.41, 5.74) is 7.59. The van der Waals surface area contributed by atoms with Gasteiger partial charge < -0.3 is 9.88 Å². The molecule has 0 unspecified atom stereocenters. The first-order chi connectivity index (χ1) is 9.54. The lowest BCUT2D eigenvalue weighted by Crippen LogP contribution is -2.13. The summed E-state index contributed by atoms with van der Waals surface area (Å²) >= 11 is 0. The summed E-state index contributed by atoms with van der Waals surface area (Å²) in [5.74, 6) is 0.380. The highest BCUT2D eigenvalue weighted by atomic mass is 16.2. The van der Waals surface area contributed by atoms with Crippen LogP contribution in [0.4, 0.5) is 0 Å². The first-order valence-electron chi connectivity index (χ1n) is 6.98. The maximum atomic E-state index is 11.9. The van der Waals surface area contributed by atoms with Crippen LogP contribution < -0.4 is 5.43 Å². The summed E-state index contributed by atoms with van der Waals surface area (Å²) in [6.45, 7) is 2.95. The molecule has 1 saturated carbocycles. The van der Waals surface area contributed by atoms with Gasteiger partial charge in [-0.1, -0.05) is 0 Å². The second kappa shape index (κ2) is 4.90. The van der Waals surface area contributed by atoms with E-state index in [2.05, 4.69) is 33.4 Å². The van der Waals surface area contributed by atoms with Crippen molar-refractivity contribution in [2.45, 2.75) is 26.3 Å². The number of H-pyrrole nitrogens is 1. The average molecular weight is 272 g/mol. The number of hydrogen-bond donors (Lipinski definition) is 2. The second-order valence-corrected chi connectivity index (χ2v) is 5.88. The lowest BCUT2D eigenvalue weighted by molar-refractivity contribution is -0.116. The molecule has 3 rings (SSSR count). The third-order valence-corrected chi connectivity index (χ3v) is 3.69. The molecule has 2 heterocycles. The Balaban J connectivity index is 1.87. The van der Waals surface area contributed by atoms with E-state index >= 15 is 0 Å². The Labute approximate surface area is 118 Å². The first kappa shape index (κ1) is 13.1. The Morgan fingerprint density at radius 1 is 1.45 bits per heavy atom. The highest BCUT2D eigenvalue weighted by Crippen LogP contribution is 2.35. The van der Waals surface area contributed by atoms with Crippen LogP contribution in [0.25, 0.3) is 6.08 Å². The van der Waals surface area contributed by atoms with E-state index in [1.54, 1.807) is 0 Å². The molecular formula is C15H20N4O. The highest BCUT2D eigenvalue weighted by Gasteiger charge is 2.35. The average Bonchev–Trinajstić information content (AvgIpc) is 3.07. The van der Waals surface area contributed by atoms with Gasteiger partial charge in [-0.2, -0.15) is 5.10 Å². The van der Waals surface area contributed by atoms with Crippen molar-refractivity contribution in [2.75, 3.05) is 14.1 Å². The van der Waals surface area contributed by atoms with Crippen LogP contribution in [0.5, 0.6) is 0 Å². The van der Waals surface area contributed by atoms with Gasteiger partial charge in [0.05, 0.1) is 11.3 Å². The number of nitrogens with one attached hydrogen (secondary N) is 2. The molecule has 0 bridgehead atoms. The van der Waals surface area contributed by atoms with Crippen LogP contribution in [0.2, 0.25) is 0 Å². The van der Waals surface area contributed by atoms with Crippen molar-refractivity contribution in [1.82, 2.24) is 15.3 Å². The van der Waals surface area contributed by atoms with Crippen molar-refractivity contribution in [2.24, 2.45) is 11.0 Å². The third kappa shape index (κ3) is 2.54. The maximum absolute atomic E-state index is 11.9. The minimum absolute atomic E-state index is 0.0895. The monoisotopic (exact) mass is 272 g/mol. The molecule has 0 aromatic carbocycles. The molecule has 1 aliphatic heterocycles. The zero-order chi connectivity index (χ0) is 14.3. The number of aromatic nitrogens is 1. The molecule has 2 aliphatic rings. The molecule has 1 aromatic heterocycles. The van der Waals surface area contributed by atoms with Gasteiger partial charge in [-0.3, -0.25) is 4.79 Å². The number of aromatic amines is 1. The van der Waals surface area contributed by atoms with Gasteiger partial charge in [0, 0.05) is 23.9 Å². The van der Waals surface area contributed by atoms with Gasteiger partial charge >= 0.3 is 0 Å². The fraction of sp³-hybridized carbons (Fsp3) is 0.467. The molecule has 1 aliphatic carbocycles. The molecule has 0 spiro atoms. The van der Waals surface area contributed by atoms with Crippen LogP contribution in [0.1, 0.15) is 29.8 Å². The number of hydrogen-bond acceptors (Lipinski definition) is 3. The minimum Gasteiger partial charge on any atom is -0.359 e. The van der Waals surface area contributed by atoms with E-state index in [-0.39, 0.29) is 5.91 Å². The van der Waals surface area contributed by atoms with Gasteiger partial charge in [0.25, 0.3) is 5.91 Å². The number of nitrogens with zero attached hydrogens (tertiary/aromatic N) is 2. The Hall–Kier alpha value is -1.88. The van der Waals surface area contributed by atoms with Crippen LogP contribution in [-0.4, -0.2) is 35.6 Å². The number of aryl methyl sites for hydroxylation is 1. The van der Waals surface area contributed by atoms with E-state index in [4.69, 9.17) is 0 Å². The molecule has 1 aromatic rings. The molecule has 0 atom stereocenters. The second-order valence-electron chi connectivity index (χ2n) is 5.88. The van der Waals surface area contributed by atoms with Crippen LogP contribution in [-0.2, 0) is 11.3 Å². The molecule has 20 heavy (non-hydrogen) atoms. The fourth-order valence-corrected chi connectivity index (χ4v) is 2.52. The van der Waals surface area contributed by atoms with Gasteiger partial charge in [-0.25, -0.2) is 5.43 Å². The van der Waals surface area contributed by atoms with Gasteiger partial charge in [0.1, 0.15) is 0 Å². The van der Waals surface area contributed by atoms with Crippen LogP contribution in [0.3, 0.4) is 0 Å². The summed E-state index contributed by atoms with van der Waals surface area (Å²) in [6.07, 6.45) is 4.20. The number of carbonyl (C=O) groups excluding carboxylic acids is 1. The summed E-state index contributed by atoms with van der Waals surface area (Å²) in [4.78, 5) is 17.3. The molecular weight excluding hydrogens is 252 g/mol. The van der Waals surface area contributed by atoms with Gasteiger partial charge in [-0.15, -0.1) is 0 Å². The van der Waals surface area contributed by atoms with Crippen molar-refractivity contribution in [3.8, 4) is 0 Å². The molecule has 5 nitrogen and oxygen atoms in total. The predicted octanol–water partition coefficient (Wildman–Crippen LogP) is 1.66. The minimum atomic E-state index is -0.0895. The van der Waals surface area contributed by atoms with Gasteiger partial charge in [-0.05, 0) is 51.6 Å². The summed E-state index contributed by atoms with van der Waals surface area (Å²) < 4.78 is 0. The predicted molar refractivity (Wildman–Crippen MR) is 79.2 cm³/mol. The van der Waals surface area contributed by atoms with Gasteiger partial charge in [0.2, 0.25) is 0 Å². The number of amides is 1. The maximum Gasteiger partial charge on any atom is 0.273 e. The normalized spacial score (nSPS) is 20.7. The van der Waals surface area contributed by atoms with E-state index in [0.29, 0.717) is 11.5 Å². The molecule has 106 valence electrons. The zero-order valence-electron chi connectivity index (χ0n) is 12.2. The third-order valence-electron chi connectivity index (χ3n) is 3.69. The SMILES string of the molecule is Cc1[nH]c(C=C2C(=O)NN=C2C2CC2)cc1CN(C)C. The van der Waals surface area contributed by atoms with Crippen molar-refractivity contribution in [1.29, 1.82) is 0 Å². The molecule has 2 N–H and O–H groups in total. The number of carbonyl (C=O) groups is 1. The van der Waals surface area contributed by atoms with E-state index in [1.165, 1.54) is 5.56 Å². The van der Waals surface area contributed by atoms with E-state index in [0.717, 1.165) is 36.5 Å². The van der Waals surface area contributed by atoms with Crippen molar-refractivity contribution < 1.29 is 4.79 Å². The summed E-state index contributed by atoms with van der Waals surface area (Å²) in [7, 11) is 4.10.